The fourth-order valence-corrected chi connectivity index (χ4v) is 2.34. The first-order chi connectivity index (χ1) is 10.0. The maximum atomic E-state index is 13.0. The molecule has 2 rings (SSSR count). The van der Waals surface area contributed by atoms with Crippen LogP contribution in [0.2, 0.25) is 0 Å². The molecule has 0 bridgehead atoms. The number of halogens is 1. The zero-order valence-corrected chi connectivity index (χ0v) is 12.4. The Kier molecular flexibility index (Phi) is 5.64. The van der Waals surface area contributed by atoms with Gasteiger partial charge >= 0.3 is 5.97 Å². The Morgan fingerprint density at radius 1 is 1.57 bits per heavy atom. The van der Waals surface area contributed by atoms with Crippen LogP contribution in [0.15, 0.2) is 18.5 Å². The number of ether oxygens (including phenoxy) is 2. The highest BCUT2D eigenvalue weighted by molar-refractivity contribution is 5.88. The van der Waals surface area contributed by atoms with E-state index in [0.717, 1.165) is 31.9 Å². The molecule has 1 saturated heterocycles. The summed E-state index contributed by atoms with van der Waals surface area (Å²) in [5.74, 6) is -0.544. The van der Waals surface area contributed by atoms with Crippen LogP contribution in [0, 0.1) is 11.7 Å². The molecule has 5 nitrogen and oxygen atoms in total. The molecule has 1 aromatic heterocycles. The van der Waals surface area contributed by atoms with Gasteiger partial charge in [-0.05, 0) is 12.0 Å². The lowest BCUT2D eigenvalue weighted by molar-refractivity contribution is -0.0612. The van der Waals surface area contributed by atoms with Crippen molar-refractivity contribution in [1.82, 2.24) is 9.88 Å². The Hall–Kier alpha value is -1.53. The SMILES string of the molecule is CC(C)CN1CCOC(COC(=O)c2cncc(F)c2)C1. The van der Waals surface area contributed by atoms with Gasteiger partial charge in [-0.15, -0.1) is 0 Å². The minimum absolute atomic E-state index is 0.116. The van der Waals surface area contributed by atoms with Crippen molar-refractivity contribution in [3.8, 4) is 0 Å². The molecule has 0 radical (unpaired) electrons. The zero-order valence-electron chi connectivity index (χ0n) is 12.4. The van der Waals surface area contributed by atoms with E-state index >= 15 is 0 Å². The van der Waals surface area contributed by atoms with Crippen molar-refractivity contribution in [3.05, 3.63) is 29.8 Å². The maximum Gasteiger partial charge on any atom is 0.339 e. The lowest BCUT2D eigenvalue weighted by atomic mass is 10.2. The second-order valence-electron chi connectivity index (χ2n) is 5.64. The minimum Gasteiger partial charge on any atom is -0.459 e. The molecule has 0 N–H and O–H groups in total. The van der Waals surface area contributed by atoms with Gasteiger partial charge in [0.2, 0.25) is 0 Å². The van der Waals surface area contributed by atoms with Gasteiger partial charge in [-0.2, -0.15) is 0 Å². The van der Waals surface area contributed by atoms with Crippen LogP contribution in [0.1, 0.15) is 24.2 Å². The lowest BCUT2D eigenvalue weighted by Gasteiger charge is -2.33. The van der Waals surface area contributed by atoms with Gasteiger partial charge in [0.05, 0.1) is 18.4 Å². The van der Waals surface area contributed by atoms with Crippen molar-refractivity contribution in [2.24, 2.45) is 5.92 Å². The number of morpholine rings is 1. The van der Waals surface area contributed by atoms with Crippen molar-refractivity contribution >= 4 is 5.97 Å². The molecule has 6 heteroatoms. The van der Waals surface area contributed by atoms with Gasteiger partial charge < -0.3 is 9.47 Å². The normalized spacial score (nSPS) is 19.7. The Morgan fingerprint density at radius 3 is 3.10 bits per heavy atom. The number of rotatable bonds is 5. The highest BCUT2D eigenvalue weighted by Crippen LogP contribution is 2.10. The first-order valence-electron chi connectivity index (χ1n) is 7.16. The molecule has 1 aliphatic heterocycles. The minimum atomic E-state index is -0.577. The van der Waals surface area contributed by atoms with Crippen molar-refractivity contribution in [1.29, 1.82) is 0 Å². The molecule has 0 saturated carbocycles. The van der Waals surface area contributed by atoms with E-state index in [1.165, 1.54) is 6.20 Å². The Balaban J connectivity index is 1.81. The Labute approximate surface area is 124 Å². The second-order valence-corrected chi connectivity index (χ2v) is 5.64. The van der Waals surface area contributed by atoms with Gasteiger partial charge in [-0.25, -0.2) is 9.18 Å². The first kappa shape index (κ1) is 15.9. The number of hydrogen-bond donors (Lipinski definition) is 0. The summed E-state index contributed by atoms with van der Waals surface area (Å²) in [6.45, 7) is 7.79. The van der Waals surface area contributed by atoms with Crippen LogP contribution < -0.4 is 0 Å². The van der Waals surface area contributed by atoms with Crippen molar-refractivity contribution in [2.45, 2.75) is 20.0 Å². The van der Waals surface area contributed by atoms with E-state index in [-0.39, 0.29) is 18.3 Å². The van der Waals surface area contributed by atoms with Crippen LogP contribution >= 0.6 is 0 Å². The number of pyridine rings is 1. The van der Waals surface area contributed by atoms with Crippen LogP contribution in [-0.4, -0.2) is 54.8 Å². The summed E-state index contributed by atoms with van der Waals surface area (Å²) in [5.41, 5.74) is 0.116. The molecule has 116 valence electrons. The predicted octanol–water partition coefficient (Wildman–Crippen LogP) is 1.73. The molecule has 1 aliphatic rings. The van der Waals surface area contributed by atoms with Gasteiger partial charge in [-0.3, -0.25) is 9.88 Å². The smallest absolute Gasteiger partial charge is 0.339 e. The quantitative estimate of drug-likeness (QED) is 0.775. The van der Waals surface area contributed by atoms with Crippen molar-refractivity contribution in [2.75, 3.05) is 32.8 Å². The number of esters is 1. The summed E-state index contributed by atoms with van der Waals surface area (Å²) >= 11 is 0. The van der Waals surface area contributed by atoms with E-state index in [9.17, 15) is 9.18 Å². The van der Waals surface area contributed by atoms with Gasteiger partial charge in [0, 0.05) is 25.8 Å². The van der Waals surface area contributed by atoms with E-state index in [1.54, 1.807) is 0 Å². The average Bonchev–Trinajstić information content (AvgIpc) is 2.44. The third kappa shape index (κ3) is 5.06. The zero-order chi connectivity index (χ0) is 15.2. The number of hydrogen-bond acceptors (Lipinski definition) is 5. The molecule has 1 unspecified atom stereocenters. The fraction of sp³-hybridized carbons (Fsp3) is 0.600. The molecule has 0 aliphatic carbocycles. The predicted molar refractivity (Wildman–Crippen MR) is 75.5 cm³/mol. The molecule has 0 spiro atoms. The monoisotopic (exact) mass is 296 g/mol. The van der Waals surface area contributed by atoms with Crippen LogP contribution in [0.25, 0.3) is 0 Å². The standard InChI is InChI=1S/C15H21FN2O3/c1-11(2)8-18-3-4-20-14(9-18)10-21-15(19)12-5-13(16)7-17-6-12/h5-7,11,14H,3-4,8-10H2,1-2H3. The van der Waals surface area contributed by atoms with Crippen molar-refractivity contribution < 1.29 is 18.7 Å². The van der Waals surface area contributed by atoms with E-state index in [4.69, 9.17) is 9.47 Å². The third-order valence-corrected chi connectivity index (χ3v) is 3.19. The van der Waals surface area contributed by atoms with Gasteiger partial charge in [0.1, 0.15) is 18.5 Å². The lowest BCUT2D eigenvalue weighted by Crippen LogP contribution is -2.45. The summed E-state index contributed by atoms with van der Waals surface area (Å²) in [6.07, 6.45) is 2.20. The van der Waals surface area contributed by atoms with Gasteiger partial charge in [0.15, 0.2) is 0 Å². The number of carbonyl (C=O) groups is 1. The van der Waals surface area contributed by atoms with E-state index in [2.05, 4.69) is 23.7 Å². The molecule has 1 fully saturated rings. The summed E-state index contributed by atoms with van der Waals surface area (Å²) in [4.78, 5) is 17.7. The topological polar surface area (TPSA) is 51.7 Å². The molecular weight excluding hydrogens is 275 g/mol. The molecule has 0 aromatic carbocycles. The maximum absolute atomic E-state index is 13.0. The summed E-state index contributed by atoms with van der Waals surface area (Å²) in [6, 6.07) is 1.11. The molecular formula is C15H21FN2O3. The van der Waals surface area contributed by atoms with Crippen LogP contribution in [-0.2, 0) is 9.47 Å². The van der Waals surface area contributed by atoms with E-state index in [1.807, 2.05) is 0 Å². The Bertz CT molecular complexity index is 482. The summed E-state index contributed by atoms with van der Waals surface area (Å²) in [5, 5.41) is 0. The van der Waals surface area contributed by atoms with E-state index in [0.29, 0.717) is 12.5 Å². The first-order valence-corrected chi connectivity index (χ1v) is 7.16. The summed E-state index contributed by atoms with van der Waals surface area (Å²) < 4.78 is 23.8. The molecule has 1 atom stereocenters. The summed E-state index contributed by atoms with van der Waals surface area (Å²) in [7, 11) is 0. The van der Waals surface area contributed by atoms with Crippen molar-refractivity contribution in [3.63, 3.8) is 0 Å². The van der Waals surface area contributed by atoms with Gasteiger partial charge in [-0.1, -0.05) is 13.8 Å². The van der Waals surface area contributed by atoms with Crippen LogP contribution in [0.3, 0.4) is 0 Å². The van der Waals surface area contributed by atoms with E-state index < -0.39 is 11.8 Å². The largest absolute Gasteiger partial charge is 0.459 e. The van der Waals surface area contributed by atoms with Crippen LogP contribution in [0.5, 0.6) is 0 Å². The molecule has 21 heavy (non-hydrogen) atoms. The Morgan fingerprint density at radius 2 is 2.38 bits per heavy atom. The van der Waals surface area contributed by atoms with Crippen LogP contribution in [0.4, 0.5) is 4.39 Å². The highest BCUT2D eigenvalue weighted by Gasteiger charge is 2.22. The highest BCUT2D eigenvalue weighted by atomic mass is 19.1. The number of nitrogens with zero attached hydrogens (tertiary/aromatic N) is 2. The second kappa shape index (κ2) is 7.47. The third-order valence-electron chi connectivity index (χ3n) is 3.19. The molecule has 1 aromatic rings. The molecule has 2 heterocycles. The average molecular weight is 296 g/mol. The molecule has 0 amide bonds. The number of carbonyl (C=O) groups excluding carboxylic acids is 1. The number of aromatic nitrogens is 1. The fourth-order valence-electron chi connectivity index (χ4n) is 2.34. The van der Waals surface area contributed by atoms with Gasteiger partial charge in [0.25, 0.3) is 0 Å².